The number of nitrogens with one attached hydrogen (secondary N) is 1. The monoisotopic (exact) mass is 264 g/mol. The zero-order valence-electron chi connectivity index (χ0n) is 12.1. The van der Waals surface area contributed by atoms with Gasteiger partial charge in [-0.25, -0.2) is 0 Å². The molecule has 0 saturated carbocycles. The molecule has 1 amide bonds. The molecule has 1 aliphatic rings. The molecular formula is C15H24N2O2. The highest BCUT2D eigenvalue weighted by Crippen LogP contribution is 2.21. The molecule has 1 saturated heterocycles. The molecule has 1 fully saturated rings. The van der Waals surface area contributed by atoms with E-state index < -0.39 is 0 Å². The van der Waals surface area contributed by atoms with Crippen LogP contribution in [0.3, 0.4) is 0 Å². The van der Waals surface area contributed by atoms with Gasteiger partial charge in [-0.3, -0.25) is 4.79 Å². The molecule has 2 rings (SSSR count). The minimum Gasteiger partial charge on any atom is -0.465 e. The smallest absolute Gasteiger partial charge is 0.219 e. The highest BCUT2D eigenvalue weighted by Gasteiger charge is 2.28. The van der Waals surface area contributed by atoms with Crippen molar-refractivity contribution < 1.29 is 9.21 Å². The number of carbonyl (C=O) groups excluding carboxylic acids is 1. The van der Waals surface area contributed by atoms with Gasteiger partial charge in [-0.15, -0.1) is 0 Å². The van der Waals surface area contributed by atoms with Gasteiger partial charge >= 0.3 is 0 Å². The molecule has 2 heterocycles. The zero-order valence-corrected chi connectivity index (χ0v) is 12.1. The molecular weight excluding hydrogens is 240 g/mol. The van der Waals surface area contributed by atoms with Crippen molar-refractivity contribution in [2.75, 3.05) is 13.1 Å². The van der Waals surface area contributed by atoms with Crippen LogP contribution < -0.4 is 5.32 Å². The molecule has 19 heavy (non-hydrogen) atoms. The summed E-state index contributed by atoms with van der Waals surface area (Å²) in [6.07, 6.45) is 2.12. The van der Waals surface area contributed by atoms with Crippen molar-refractivity contribution in [2.24, 2.45) is 5.92 Å². The lowest BCUT2D eigenvalue weighted by Gasteiger charge is -2.38. The molecule has 106 valence electrons. The summed E-state index contributed by atoms with van der Waals surface area (Å²) >= 11 is 0. The van der Waals surface area contributed by atoms with E-state index in [0.717, 1.165) is 44.0 Å². The number of piperidine rings is 1. The Labute approximate surface area is 115 Å². The number of hydrogen-bond donors (Lipinski definition) is 1. The predicted molar refractivity (Wildman–Crippen MR) is 74.7 cm³/mol. The summed E-state index contributed by atoms with van der Waals surface area (Å²) < 4.78 is 5.58. The Hall–Kier alpha value is -1.29. The summed E-state index contributed by atoms with van der Waals surface area (Å²) in [5.41, 5.74) is 0. The lowest BCUT2D eigenvalue weighted by atomic mass is 9.90. The fourth-order valence-electron chi connectivity index (χ4n) is 2.81. The van der Waals surface area contributed by atoms with E-state index in [0.29, 0.717) is 12.0 Å². The topological polar surface area (TPSA) is 45.5 Å². The minimum absolute atomic E-state index is 0.193. The highest BCUT2D eigenvalue weighted by atomic mass is 16.3. The Bertz CT molecular complexity index is 428. The highest BCUT2D eigenvalue weighted by molar-refractivity contribution is 5.73. The van der Waals surface area contributed by atoms with Crippen LogP contribution >= 0.6 is 0 Å². The van der Waals surface area contributed by atoms with Crippen LogP contribution in [0.25, 0.3) is 0 Å². The van der Waals surface area contributed by atoms with Gasteiger partial charge in [-0.1, -0.05) is 13.3 Å². The molecule has 0 unspecified atom stereocenters. The summed E-state index contributed by atoms with van der Waals surface area (Å²) in [6, 6.07) is 4.49. The van der Waals surface area contributed by atoms with E-state index in [1.54, 1.807) is 6.92 Å². The third-order valence-electron chi connectivity index (χ3n) is 4.04. The Balaban J connectivity index is 1.87. The number of rotatable bonds is 4. The van der Waals surface area contributed by atoms with E-state index >= 15 is 0 Å². The van der Waals surface area contributed by atoms with E-state index in [4.69, 9.17) is 4.42 Å². The lowest BCUT2D eigenvalue weighted by Crippen LogP contribution is -2.50. The summed E-state index contributed by atoms with van der Waals surface area (Å²) in [5, 5.41) is 3.58. The van der Waals surface area contributed by atoms with Crippen LogP contribution in [0.4, 0.5) is 0 Å². The standard InChI is InChI=1S/C15H24N2O2/c1-4-13-10-17(12(3)18)8-7-15(13)16-9-14-6-5-11(2)19-14/h5-6,13,15-16H,4,7-10H2,1-3H3/t13-,15+/m0/s1. The van der Waals surface area contributed by atoms with Gasteiger partial charge in [-0.2, -0.15) is 0 Å². The second-order valence-electron chi connectivity index (χ2n) is 5.42. The number of carbonyl (C=O) groups is 1. The molecule has 1 aromatic rings. The summed E-state index contributed by atoms with van der Waals surface area (Å²) in [6.45, 7) is 8.33. The fraction of sp³-hybridized carbons (Fsp3) is 0.667. The number of hydrogen-bond acceptors (Lipinski definition) is 3. The largest absolute Gasteiger partial charge is 0.465 e. The van der Waals surface area contributed by atoms with Crippen molar-refractivity contribution in [1.82, 2.24) is 10.2 Å². The molecule has 0 radical (unpaired) electrons. The number of nitrogens with zero attached hydrogens (tertiary/aromatic N) is 1. The molecule has 4 heteroatoms. The van der Waals surface area contributed by atoms with Crippen LogP contribution in [0.2, 0.25) is 0 Å². The van der Waals surface area contributed by atoms with E-state index in [9.17, 15) is 4.79 Å². The molecule has 1 aromatic heterocycles. The summed E-state index contributed by atoms with van der Waals surface area (Å²) in [5.74, 6) is 2.67. The minimum atomic E-state index is 0.193. The van der Waals surface area contributed by atoms with Crippen molar-refractivity contribution in [3.63, 3.8) is 0 Å². The first-order valence-corrected chi connectivity index (χ1v) is 7.14. The van der Waals surface area contributed by atoms with Gasteiger partial charge in [0.1, 0.15) is 11.5 Å². The van der Waals surface area contributed by atoms with E-state index in [-0.39, 0.29) is 5.91 Å². The van der Waals surface area contributed by atoms with Crippen LogP contribution in [0.5, 0.6) is 0 Å². The molecule has 1 aliphatic heterocycles. The Morgan fingerprint density at radius 2 is 2.32 bits per heavy atom. The van der Waals surface area contributed by atoms with E-state index in [1.807, 2.05) is 24.0 Å². The van der Waals surface area contributed by atoms with Crippen molar-refractivity contribution in [2.45, 2.75) is 46.2 Å². The average Bonchev–Trinajstić information content (AvgIpc) is 2.81. The van der Waals surface area contributed by atoms with Gasteiger partial charge < -0.3 is 14.6 Å². The third-order valence-corrected chi connectivity index (χ3v) is 4.04. The van der Waals surface area contributed by atoms with Crippen LogP contribution in [-0.4, -0.2) is 29.9 Å². The first-order chi connectivity index (χ1) is 9.10. The number of likely N-dealkylation sites (tertiary alicyclic amines) is 1. The maximum Gasteiger partial charge on any atom is 0.219 e. The molecule has 4 nitrogen and oxygen atoms in total. The van der Waals surface area contributed by atoms with Crippen LogP contribution in [0.15, 0.2) is 16.5 Å². The van der Waals surface area contributed by atoms with Crippen molar-refractivity contribution in [1.29, 1.82) is 0 Å². The van der Waals surface area contributed by atoms with Crippen LogP contribution in [0.1, 0.15) is 38.2 Å². The lowest BCUT2D eigenvalue weighted by molar-refractivity contribution is -0.131. The number of furan rings is 1. The van der Waals surface area contributed by atoms with Crippen molar-refractivity contribution in [3.8, 4) is 0 Å². The second-order valence-corrected chi connectivity index (χ2v) is 5.42. The molecule has 2 atom stereocenters. The maximum atomic E-state index is 11.4. The predicted octanol–water partition coefficient (Wildman–Crippen LogP) is 2.32. The molecule has 1 N–H and O–H groups in total. The first-order valence-electron chi connectivity index (χ1n) is 7.14. The van der Waals surface area contributed by atoms with Gasteiger partial charge in [0.05, 0.1) is 6.54 Å². The third kappa shape index (κ3) is 3.60. The first kappa shape index (κ1) is 14.1. The average molecular weight is 264 g/mol. The van der Waals surface area contributed by atoms with Gasteiger partial charge in [0, 0.05) is 26.1 Å². The Morgan fingerprint density at radius 3 is 2.89 bits per heavy atom. The molecule has 0 aromatic carbocycles. The normalized spacial score (nSPS) is 23.6. The quantitative estimate of drug-likeness (QED) is 0.907. The Kier molecular flexibility index (Phi) is 4.64. The van der Waals surface area contributed by atoms with Gasteiger partial charge in [-0.05, 0) is 31.4 Å². The maximum absolute atomic E-state index is 11.4. The second kappa shape index (κ2) is 6.24. The van der Waals surface area contributed by atoms with Gasteiger partial charge in [0.15, 0.2) is 0 Å². The SMILES string of the molecule is CC[C@H]1CN(C(C)=O)CC[C@H]1NCc1ccc(C)o1. The molecule has 0 bridgehead atoms. The molecule has 0 spiro atoms. The summed E-state index contributed by atoms with van der Waals surface area (Å²) in [4.78, 5) is 13.4. The zero-order chi connectivity index (χ0) is 13.8. The van der Waals surface area contributed by atoms with E-state index in [2.05, 4.69) is 12.2 Å². The fourth-order valence-corrected chi connectivity index (χ4v) is 2.81. The number of aryl methyl sites for hydroxylation is 1. The summed E-state index contributed by atoms with van der Waals surface area (Å²) in [7, 11) is 0. The van der Waals surface area contributed by atoms with Crippen molar-refractivity contribution >= 4 is 5.91 Å². The molecule has 0 aliphatic carbocycles. The van der Waals surface area contributed by atoms with Crippen LogP contribution in [0, 0.1) is 12.8 Å². The van der Waals surface area contributed by atoms with Crippen molar-refractivity contribution in [3.05, 3.63) is 23.7 Å². The Morgan fingerprint density at radius 1 is 1.53 bits per heavy atom. The van der Waals surface area contributed by atoms with Gasteiger partial charge in [0.25, 0.3) is 0 Å². The number of amides is 1. The van der Waals surface area contributed by atoms with Gasteiger partial charge in [0.2, 0.25) is 5.91 Å². The van der Waals surface area contributed by atoms with Crippen LogP contribution in [-0.2, 0) is 11.3 Å². The van der Waals surface area contributed by atoms with E-state index in [1.165, 1.54) is 0 Å².